The highest BCUT2D eigenvalue weighted by molar-refractivity contribution is 5.76. The Labute approximate surface area is 520 Å². The summed E-state index contributed by atoms with van der Waals surface area (Å²) < 4.78 is 5.49. The average molecular weight is 1170 g/mol. The van der Waals surface area contributed by atoms with Crippen LogP contribution in [-0.4, -0.2) is 47.4 Å². The molecule has 6 nitrogen and oxygen atoms in total. The van der Waals surface area contributed by atoms with Crippen LogP contribution in [0.4, 0.5) is 0 Å². The lowest BCUT2D eigenvalue weighted by Gasteiger charge is -2.22. The van der Waals surface area contributed by atoms with Crippen molar-refractivity contribution in [2.45, 2.75) is 443 Å². The summed E-state index contributed by atoms with van der Waals surface area (Å²) in [7, 11) is 0. The molecule has 0 aromatic heterocycles. The average Bonchev–Trinajstić information content (AvgIpc) is 3.48. The maximum absolute atomic E-state index is 12.5. The van der Waals surface area contributed by atoms with Crippen LogP contribution in [0, 0.1) is 0 Å². The molecule has 0 aliphatic heterocycles. The first-order valence-electron chi connectivity index (χ1n) is 38.1. The van der Waals surface area contributed by atoms with Crippen LogP contribution < -0.4 is 5.32 Å². The minimum atomic E-state index is -0.663. The topological polar surface area (TPSA) is 95.9 Å². The van der Waals surface area contributed by atoms with E-state index < -0.39 is 12.1 Å². The Hall–Kier alpha value is -1.66. The van der Waals surface area contributed by atoms with E-state index in [9.17, 15) is 19.8 Å². The SMILES string of the molecule is CCCCCCCCCCCCCCCCCCCCCC(O)C(CO)NC(=O)CCCCCCCCCCCCCCCCCCC/C=C\C/C=C\CCCCCCCCCCCOC(=O)CCCCCCCCCCCCCCCC. The molecule has 0 aromatic carbocycles. The molecule has 0 fully saturated rings. The number of nitrogens with one attached hydrogen (secondary N) is 1. The number of allylic oxidation sites excluding steroid dienone is 4. The van der Waals surface area contributed by atoms with Gasteiger partial charge in [-0.3, -0.25) is 9.59 Å². The fourth-order valence-electron chi connectivity index (χ4n) is 12.2. The predicted molar refractivity (Wildman–Crippen MR) is 366 cm³/mol. The first kappa shape index (κ1) is 81.3. The molecule has 0 aliphatic carbocycles. The van der Waals surface area contributed by atoms with Gasteiger partial charge in [-0.15, -0.1) is 0 Å². The van der Waals surface area contributed by atoms with E-state index in [4.69, 9.17) is 4.74 Å². The van der Waals surface area contributed by atoms with E-state index in [0.29, 0.717) is 25.9 Å². The minimum Gasteiger partial charge on any atom is -0.466 e. The van der Waals surface area contributed by atoms with Crippen LogP contribution in [0.25, 0.3) is 0 Å². The molecule has 0 heterocycles. The maximum Gasteiger partial charge on any atom is 0.305 e. The second kappa shape index (κ2) is 72.8. The van der Waals surface area contributed by atoms with E-state index in [0.717, 1.165) is 44.9 Å². The van der Waals surface area contributed by atoms with Gasteiger partial charge in [0.15, 0.2) is 0 Å². The molecule has 2 atom stereocenters. The zero-order valence-corrected chi connectivity index (χ0v) is 56.5. The fraction of sp³-hybridized carbons (Fsp3) is 0.922. The van der Waals surface area contributed by atoms with E-state index in [1.807, 2.05) is 0 Å². The largest absolute Gasteiger partial charge is 0.466 e. The molecular weight excluding hydrogens is 1020 g/mol. The molecule has 1 amide bonds. The van der Waals surface area contributed by atoms with Crippen molar-refractivity contribution >= 4 is 11.9 Å². The smallest absolute Gasteiger partial charge is 0.305 e. The van der Waals surface area contributed by atoms with Crippen molar-refractivity contribution in [1.29, 1.82) is 0 Å². The van der Waals surface area contributed by atoms with Crippen LogP contribution in [-0.2, 0) is 14.3 Å². The van der Waals surface area contributed by atoms with Gasteiger partial charge in [0.2, 0.25) is 5.91 Å². The zero-order chi connectivity index (χ0) is 59.9. The Morgan fingerprint density at radius 2 is 0.602 bits per heavy atom. The van der Waals surface area contributed by atoms with Gasteiger partial charge in [0.05, 0.1) is 25.4 Å². The number of rotatable bonds is 72. The van der Waals surface area contributed by atoms with Gasteiger partial charge < -0.3 is 20.3 Å². The van der Waals surface area contributed by atoms with Crippen molar-refractivity contribution in [3.05, 3.63) is 24.3 Å². The molecule has 492 valence electrons. The number of hydrogen-bond acceptors (Lipinski definition) is 5. The van der Waals surface area contributed by atoms with Gasteiger partial charge in [0, 0.05) is 12.8 Å². The number of aliphatic hydroxyl groups is 2. The third-order valence-corrected chi connectivity index (χ3v) is 18.0. The number of esters is 1. The number of aliphatic hydroxyl groups excluding tert-OH is 2. The lowest BCUT2D eigenvalue weighted by molar-refractivity contribution is -0.143. The number of amides is 1. The number of carbonyl (C=O) groups excluding carboxylic acids is 2. The Bertz CT molecular complexity index is 1300. The standard InChI is InChI=1S/C77H149NO5/c1-3-5-7-9-11-13-15-17-19-20-36-39-42-45-49-53-57-61-65-69-75(80)74(73-79)78-76(81)70-66-62-58-54-50-46-43-40-37-34-32-30-28-26-24-22-21-23-25-27-29-31-33-35-38-41-44-48-52-56-60-64-68-72-83-77(82)71-67-63-59-55-51-47-18-16-14-12-10-8-6-4-2/h25,27,31,33,74-75,79-80H,3-24,26,28-30,32,34-73H2,1-2H3,(H,78,81)/b27-25-,33-31-. The van der Waals surface area contributed by atoms with Gasteiger partial charge in [-0.2, -0.15) is 0 Å². The summed E-state index contributed by atoms with van der Waals surface area (Å²) >= 11 is 0. The Morgan fingerprint density at radius 1 is 0.337 bits per heavy atom. The van der Waals surface area contributed by atoms with Crippen LogP contribution in [0.1, 0.15) is 431 Å². The summed E-state index contributed by atoms with van der Waals surface area (Å²) in [6, 6.07) is -0.540. The zero-order valence-electron chi connectivity index (χ0n) is 56.5. The lowest BCUT2D eigenvalue weighted by atomic mass is 10.0. The maximum atomic E-state index is 12.5. The highest BCUT2D eigenvalue weighted by Crippen LogP contribution is 2.20. The predicted octanol–water partition coefficient (Wildman–Crippen LogP) is 24.9. The van der Waals surface area contributed by atoms with E-state index in [2.05, 4.69) is 43.5 Å². The van der Waals surface area contributed by atoms with Gasteiger partial charge in [0.1, 0.15) is 0 Å². The summed E-state index contributed by atoms with van der Waals surface area (Å²) in [5, 5.41) is 23.4. The first-order chi connectivity index (χ1) is 41.0. The summed E-state index contributed by atoms with van der Waals surface area (Å²) in [5.74, 6) is -0.0112. The number of carbonyl (C=O) groups is 2. The summed E-state index contributed by atoms with van der Waals surface area (Å²) in [6.07, 6.45) is 92.5. The molecule has 0 saturated heterocycles. The molecular formula is C77H149NO5. The van der Waals surface area contributed by atoms with E-state index >= 15 is 0 Å². The van der Waals surface area contributed by atoms with E-state index in [1.165, 1.54) is 353 Å². The summed E-state index contributed by atoms with van der Waals surface area (Å²) in [5.41, 5.74) is 0. The van der Waals surface area contributed by atoms with E-state index in [-0.39, 0.29) is 18.5 Å². The molecule has 2 unspecified atom stereocenters. The monoisotopic (exact) mass is 1170 g/mol. The molecule has 0 saturated carbocycles. The van der Waals surface area contributed by atoms with Gasteiger partial charge in [-0.25, -0.2) is 0 Å². The second-order valence-corrected chi connectivity index (χ2v) is 26.3. The highest BCUT2D eigenvalue weighted by atomic mass is 16.5. The van der Waals surface area contributed by atoms with Crippen molar-refractivity contribution < 1.29 is 24.5 Å². The van der Waals surface area contributed by atoms with Crippen LogP contribution in [0.15, 0.2) is 24.3 Å². The fourth-order valence-corrected chi connectivity index (χ4v) is 12.2. The Morgan fingerprint density at radius 3 is 0.916 bits per heavy atom. The van der Waals surface area contributed by atoms with Gasteiger partial charge in [-0.1, -0.05) is 385 Å². The molecule has 83 heavy (non-hydrogen) atoms. The lowest BCUT2D eigenvalue weighted by Crippen LogP contribution is -2.45. The third kappa shape index (κ3) is 69.3. The first-order valence-corrected chi connectivity index (χ1v) is 38.1. The highest BCUT2D eigenvalue weighted by Gasteiger charge is 2.20. The van der Waals surface area contributed by atoms with Gasteiger partial charge in [-0.05, 0) is 57.8 Å². The quantitative estimate of drug-likeness (QED) is 0.0320. The summed E-state index contributed by atoms with van der Waals surface area (Å²) in [4.78, 5) is 24.6. The van der Waals surface area contributed by atoms with Gasteiger partial charge in [0.25, 0.3) is 0 Å². The number of hydrogen-bond donors (Lipinski definition) is 3. The van der Waals surface area contributed by atoms with Crippen molar-refractivity contribution in [3.8, 4) is 0 Å². The molecule has 0 aliphatic rings. The normalized spacial score (nSPS) is 12.6. The Kier molecular flexibility index (Phi) is 71.4. The molecule has 0 rings (SSSR count). The minimum absolute atomic E-state index is 0.0173. The number of ether oxygens (including phenoxy) is 1. The molecule has 0 aromatic rings. The molecule has 6 heteroatoms. The molecule has 0 spiro atoms. The van der Waals surface area contributed by atoms with Crippen molar-refractivity contribution in [2.24, 2.45) is 0 Å². The number of unbranched alkanes of at least 4 members (excludes halogenated alkanes) is 57. The van der Waals surface area contributed by atoms with Crippen LogP contribution in [0.3, 0.4) is 0 Å². The molecule has 0 bridgehead atoms. The van der Waals surface area contributed by atoms with Crippen LogP contribution >= 0.6 is 0 Å². The van der Waals surface area contributed by atoms with Crippen molar-refractivity contribution in [2.75, 3.05) is 13.2 Å². The van der Waals surface area contributed by atoms with Crippen LogP contribution in [0.5, 0.6) is 0 Å². The summed E-state index contributed by atoms with van der Waals surface area (Å²) in [6.45, 7) is 5.00. The van der Waals surface area contributed by atoms with Crippen LogP contribution in [0.2, 0.25) is 0 Å². The molecule has 3 N–H and O–H groups in total. The van der Waals surface area contributed by atoms with Crippen molar-refractivity contribution in [1.82, 2.24) is 5.32 Å². The van der Waals surface area contributed by atoms with E-state index in [1.54, 1.807) is 0 Å². The second-order valence-electron chi connectivity index (χ2n) is 26.3. The third-order valence-electron chi connectivity index (χ3n) is 18.0. The van der Waals surface area contributed by atoms with Crippen molar-refractivity contribution in [3.63, 3.8) is 0 Å². The van der Waals surface area contributed by atoms with Gasteiger partial charge >= 0.3 is 5.97 Å². The molecule has 0 radical (unpaired) electrons. The Balaban J connectivity index is 3.37.